The lowest BCUT2D eigenvalue weighted by molar-refractivity contribution is 0.389. The highest BCUT2D eigenvalue weighted by Crippen LogP contribution is 2.56. The van der Waals surface area contributed by atoms with E-state index in [4.69, 9.17) is 0 Å². The van der Waals surface area contributed by atoms with Crippen LogP contribution < -0.4 is 4.90 Å². The van der Waals surface area contributed by atoms with Crippen molar-refractivity contribution in [1.29, 1.82) is 0 Å². The lowest BCUT2D eigenvalue weighted by Gasteiger charge is -2.46. The van der Waals surface area contributed by atoms with Gasteiger partial charge in [-0.1, -0.05) is 12.8 Å². The summed E-state index contributed by atoms with van der Waals surface area (Å²) < 4.78 is 23.3. The molecule has 2 saturated carbocycles. The van der Waals surface area contributed by atoms with Crippen LogP contribution in [0.5, 0.6) is 0 Å². The van der Waals surface area contributed by atoms with Crippen molar-refractivity contribution in [1.82, 2.24) is 0 Å². The smallest absolute Gasteiger partial charge is 0.0438 e. The van der Waals surface area contributed by atoms with E-state index < -0.39 is 11.1 Å². The molecule has 0 amide bonds. The molecule has 5 atom stereocenters. The van der Waals surface area contributed by atoms with Crippen molar-refractivity contribution in [3.8, 4) is 0 Å². The maximum atomic E-state index is 11.6. The summed E-state index contributed by atoms with van der Waals surface area (Å²) in [5.74, 6) is 2.69. The molecule has 22 heavy (non-hydrogen) atoms. The van der Waals surface area contributed by atoms with Crippen molar-refractivity contribution in [2.24, 2.45) is 11.8 Å². The SMILES string of the molecule is O=S([O-])c1cc2c3c(c1)C1CCCC1CN3CC1CCCC21. The van der Waals surface area contributed by atoms with Crippen LogP contribution in [0, 0.1) is 11.8 Å². The highest BCUT2D eigenvalue weighted by molar-refractivity contribution is 7.79. The van der Waals surface area contributed by atoms with Crippen LogP contribution in [0.2, 0.25) is 0 Å². The fraction of sp³-hybridized carbons (Fsp3) is 0.667. The lowest BCUT2D eigenvalue weighted by atomic mass is 9.75. The second-order valence-electron chi connectivity index (χ2n) is 7.68. The van der Waals surface area contributed by atoms with E-state index >= 15 is 0 Å². The first-order valence-electron chi connectivity index (χ1n) is 8.74. The molecule has 1 aromatic carbocycles. The third-order valence-corrected chi connectivity index (χ3v) is 7.30. The fourth-order valence-corrected chi connectivity index (χ4v) is 6.28. The molecule has 1 aromatic rings. The summed E-state index contributed by atoms with van der Waals surface area (Å²) in [5.41, 5.74) is 4.15. The van der Waals surface area contributed by atoms with Crippen LogP contribution in [-0.2, 0) is 11.1 Å². The van der Waals surface area contributed by atoms with Crippen molar-refractivity contribution in [2.75, 3.05) is 18.0 Å². The van der Waals surface area contributed by atoms with Crippen LogP contribution in [0.1, 0.15) is 61.5 Å². The van der Waals surface area contributed by atoms with Gasteiger partial charge >= 0.3 is 0 Å². The Morgan fingerprint density at radius 2 is 1.50 bits per heavy atom. The number of anilines is 1. The van der Waals surface area contributed by atoms with Crippen molar-refractivity contribution < 1.29 is 8.76 Å². The zero-order valence-corrected chi connectivity index (χ0v) is 13.6. The molecule has 0 spiro atoms. The molecule has 0 aromatic heterocycles. The number of hydrogen-bond acceptors (Lipinski definition) is 3. The fourth-order valence-electron chi connectivity index (χ4n) is 5.83. The van der Waals surface area contributed by atoms with Gasteiger partial charge in [0.2, 0.25) is 0 Å². The standard InChI is InChI=1S/C18H23NO2S/c20-22(21)13-7-16-14-5-1-3-11(14)9-19-10-12-4-2-6-15(12)17(8-13)18(16)19/h7-8,11-12,14-15H,1-6,9-10H2,(H,20,21)/p-1. The highest BCUT2D eigenvalue weighted by Gasteiger charge is 2.44. The molecular weight excluding hydrogens is 294 g/mol. The van der Waals surface area contributed by atoms with Gasteiger partial charge in [-0.25, -0.2) is 0 Å². The molecule has 2 heterocycles. The summed E-state index contributed by atoms with van der Waals surface area (Å²) in [6.07, 6.45) is 7.72. The first-order chi connectivity index (χ1) is 10.7. The second kappa shape index (κ2) is 4.81. The van der Waals surface area contributed by atoms with Gasteiger partial charge in [0.15, 0.2) is 0 Å². The minimum Gasteiger partial charge on any atom is -0.768 e. The lowest BCUT2D eigenvalue weighted by Crippen LogP contribution is -2.43. The Labute approximate surface area is 134 Å². The van der Waals surface area contributed by atoms with Gasteiger partial charge < -0.3 is 9.45 Å². The Bertz CT molecular complexity index is 613. The molecule has 4 aliphatic rings. The summed E-state index contributed by atoms with van der Waals surface area (Å²) in [5, 5.41) is 0. The van der Waals surface area contributed by atoms with Crippen molar-refractivity contribution in [3.05, 3.63) is 23.3 Å². The van der Waals surface area contributed by atoms with E-state index in [2.05, 4.69) is 4.90 Å². The maximum absolute atomic E-state index is 11.6. The minimum absolute atomic E-state index is 0.522. The summed E-state index contributed by atoms with van der Waals surface area (Å²) in [6.45, 7) is 2.40. The molecule has 0 saturated heterocycles. The molecular formula is C18H22NO2S-. The number of benzene rings is 1. The summed E-state index contributed by atoms with van der Waals surface area (Å²) >= 11 is -2.11. The Morgan fingerprint density at radius 1 is 0.955 bits per heavy atom. The number of nitrogens with zero attached hydrogens (tertiary/aromatic N) is 1. The molecule has 4 heteroatoms. The molecule has 2 aliphatic heterocycles. The van der Waals surface area contributed by atoms with Crippen LogP contribution in [0.3, 0.4) is 0 Å². The normalized spacial score (nSPS) is 36.7. The molecule has 0 radical (unpaired) electrons. The third kappa shape index (κ3) is 1.80. The molecule has 118 valence electrons. The van der Waals surface area contributed by atoms with Crippen molar-refractivity contribution in [2.45, 2.75) is 55.3 Å². The summed E-state index contributed by atoms with van der Waals surface area (Å²) in [7, 11) is 0. The van der Waals surface area contributed by atoms with Crippen LogP contribution in [0.25, 0.3) is 0 Å². The highest BCUT2D eigenvalue weighted by atomic mass is 32.2. The van der Waals surface area contributed by atoms with Crippen LogP contribution in [0.4, 0.5) is 5.69 Å². The zero-order chi connectivity index (χ0) is 14.8. The van der Waals surface area contributed by atoms with Crippen LogP contribution in [0.15, 0.2) is 17.0 Å². The topological polar surface area (TPSA) is 43.4 Å². The van der Waals surface area contributed by atoms with Gasteiger partial charge in [-0.15, -0.1) is 0 Å². The monoisotopic (exact) mass is 316 g/mol. The Morgan fingerprint density at radius 3 is 2.00 bits per heavy atom. The average molecular weight is 316 g/mol. The van der Waals surface area contributed by atoms with Crippen LogP contribution in [-0.4, -0.2) is 21.9 Å². The molecule has 0 bridgehead atoms. The van der Waals surface area contributed by atoms with E-state index in [9.17, 15) is 8.76 Å². The number of rotatable bonds is 1. The predicted molar refractivity (Wildman–Crippen MR) is 86.0 cm³/mol. The third-order valence-electron chi connectivity index (χ3n) is 6.68. The van der Waals surface area contributed by atoms with E-state index in [-0.39, 0.29) is 0 Å². The largest absolute Gasteiger partial charge is 0.768 e. The van der Waals surface area contributed by atoms with Crippen molar-refractivity contribution >= 4 is 16.8 Å². The van der Waals surface area contributed by atoms with E-state index in [1.54, 1.807) is 0 Å². The molecule has 5 unspecified atom stereocenters. The molecule has 3 nitrogen and oxygen atoms in total. The van der Waals surface area contributed by atoms with Gasteiger partial charge in [0.25, 0.3) is 0 Å². The minimum atomic E-state index is -2.11. The van der Waals surface area contributed by atoms with E-state index in [1.165, 1.54) is 68.4 Å². The maximum Gasteiger partial charge on any atom is 0.0438 e. The summed E-state index contributed by atoms with van der Waals surface area (Å²) in [6, 6.07) is 3.98. The van der Waals surface area contributed by atoms with Gasteiger partial charge in [-0.05, 0) is 83.7 Å². The van der Waals surface area contributed by atoms with Crippen molar-refractivity contribution in [3.63, 3.8) is 0 Å². The Hall–Kier alpha value is -0.870. The average Bonchev–Trinajstić information content (AvgIpc) is 3.15. The van der Waals surface area contributed by atoms with Gasteiger partial charge in [-0.3, -0.25) is 4.21 Å². The first kappa shape index (κ1) is 13.6. The van der Waals surface area contributed by atoms with Gasteiger partial charge in [0.05, 0.1) is 0 Å². The predicted octanol–water partition coefficient (Wildman–Crippen LogP) is 3.53. The van der Waals surface area contributed by atoms with Crippen LogP contribution >= 0.6 is 0 Å². The first-order valence-corrected chi connectivity index (χ1v) is 9.82. The molecule has 0 N–H and O–H groups in total. The van der Waals surface area contributed by atoms with E-state index in [0.717, 1.165) is 11.8 Å². The van der Waals surface area contributed by atoms with Gasteiger partial charge in [0.1, 0.15) is 0 Å². The zero-order valence-electron chi connectivity index (χ0n) is 12.8. The number of hydrogen-bond donors (Lipinski definition) is 0. The van der Waals surface area contributed by atoms with Gasteiger partial charge in [0, 0.05) is 23.7 Å². The second-order valence-corrected chi connectivity index (χ2v) is 8.63. The Balaban J connectivity index is 1.74. The van der Waals surface area contributed by atoms with E-state index in [1.807, 2.05) is 12.1 Å². The molecule has 5 rings (SSSR count). The molecule has 2 aliphatic carbocycles. The quantitative estimate of drug-likeness (QED) is 0.745. The van der Waals surface area contributed by atoms with Gasteiger partial charge in [-0.2, -0.15) is 0 Å². The van der Waals surface area contributed by atoms with E-state index in [0.29, 0.717) is 16.7 Å². The summed E-state index contributed by atoms with van der Waals surface area (Å²) in [4.78, 5) is 3.13. The Kier molecular flexibility index (Phi) is 2.97. The molecule has 2 fully saturated rings. The number of fused-ring (bicyclic) bond motifs is 4.